The standard InChI is InChI=1S/C17H17FN6O2/c1-9-6-19-16(25)13-8-21-24-4-3-14(23-15(13)24)22-10(2)12-5-11(18)7-20-17(12)26-9/h3-5,7-10H,6H2,1-2H3,(H,19,25)(H,22,23)/t9-,10+/m0/s1. The van der Waals surface area contributed by atoms with Gasteiger partial charge in [-0.3, -0.25) is 4.79 Å². The number of aromatic nitrogens is 4. The predicted octanol–water partition coefficient (Wildman–Crippen LogP) is 1.95. The number of hydrogen-bond acceptors (Lipinski definition) is 6. The van der Waals surface area contributed by atoms with Crippen molar-refractivity contribution >= 4 is 17.4 Å². The molecule has 2 bridgehead atoms. The van der Waals surface area contributed by atoms with Gasteiger partial charge in [0.1, 0.15) is 23.3 Å². The molecule has 0 aromatic carbocycles. The van der Waals surface area contributed by atoms with Gasteiger partial charge in [0.2, 0.25) is 5.88 Å². The van der Waals surface area contributed by atoms with Crippen molar-refractivity contribution in [2.45, 2.75) is 26.0 Å². The van der Waals surface area contributed by atoms with Crippen LogP contribution in [0.2, 0.25) is 0 Å². The lowest BCUT2D eigenvalue weighted by Crippen LogP contribution is -2.34. The maximum Gasteiger partial charge on any atom is 0.256 e. The molecule has 3 aromatic heterocycles. The van der Waals surface area contributed by atoms with Crippen LogP contribution in [0.5, 0.6) is 5.88 Å². The van der Waals surface area contributed by atoms with Crippen molar-refractivity contribution < 1.29 is 13.9 Å². The Hall–Kier alpha value is -3.23. The Morgan fingerprint density at radius 3 is 3.04 bits per heavy atom. The minimum Gasteiger partial charge on any atom is -0.473 e. The first-order chi connectivity index (χ1) is 12.5. The monoisotopic (exact) mass is 356 g/mol. The number of pyridine rings is 1. The van der Waals surface area contributed by atoms with Gasteiger partial charge in [-0.15, -0.1) is 0 Å². The van der Waals surface area contributed by atoms with Crippen molar-refractivity contribution in [3.63, 3.8) is 0 Å². The van der Waals surface area contributed by atoms with Gasteiger partial charge in [-0.1, -0.05) is 0 Å². The van der Waals surface area contributed by atoms with Crippen molar-refractivity contribution in [3.05, 3.63) is 47.7 Å². The second kappa shape index (κ2) is 6.25. The largest absolute Gasteiger partial charge is 0.473 e. The second-order valence-corrected chi connectivity index (χ2v) is 6.19. The van der Waals surface area contributed by atoms with Crippen molar-refractivity contribution in [2.24, 2.45) is 0 Å². The van der Waals surface area contributed by atoms with Crippen LogP contribution in [0.4, 0.5) is 10.2 Å². The number of carbonyl (C=O) groups is 1. The lowest BCUT2D eigenvalue weighted by Gasteiger charge is -2.20. The van der Waals surface area contributed by atoms with Crippen LogP contribution in [0.25, 0.3) is 5.65 Å². The molecule has 0 spiro atoms. The molecular weight excluding hydrogens is 339 g/mol. The molecule has 2 N–H and O–H groups in total. The lowest BCUT2D eigenvalue weighted by molar-refractivity contribution is 0.0932. The molecule has 8 nitrogen and oxygen atoms in total. The van der Waals surface area contributed by atoms with E-state index in [1.807, 2.05) is 6.92 Å². The third-order valence-electron chi connectivity index (χ3n) is 4.15. The number of ether oxygens (including phenoxy) is 1. The van der Waals surface area contributed by atoms with Gasteiger partial charge in [-0.25, -0.2) is 18.9 Å². The van der Waals surface area contributed by atoms with Crippen LogP contribution in [0, 0.1) is 5.82 Å². The fourth-order valence-electron chi connectivity index (χ4n) is 2.82. The van der Waals surface area contributed by atoms with Crippen molar-refractivity contribution in [1.82, 2.24) is 24.9 Å². The Kier molecular flexibility index (Phi) is 3.90. The average molecular weight is 356 g/mol. The topological polar surface area (TPSA) is 93.4 Å². The molecule has 3 aromatic rings. The first-order valence-electron chi connectivity index (χ1n) is 8.22. The number of nitrogens with zero attached hydrogens (tertiary/aromatic N) is 4. The molecule has 0 unspecified atom stereocenters. The van der Waals surface area contributed by atoms with E-state index in [1.54, 1.807) is 19.2 Å². The molecule has 1 aliphatic rings. The van der Waals surface area contributed by atoms with Crippen molar-refractivity contribution in [1.29, 1.82) is 0 Å². The number of carbonyl (C=O) groups excluding carboxylic acids is 1. The first-order valence-corrected chi connectivity index (χ1v) is 8.22. The van der Waals surface area contributed by atoms with Crippen molar-refractivity contribution in [2.75, 3.05) is 11.9 Å². The molecule has 0 radical (unpaired) electrons. The summed E-state index contributed by atoms with van der Waals surface area (Å²) >= 11 is 0. The average Bonchev–Trinajstić information content (AvgIpc) is 3.03. The summed E-state index contributed by atoms with van der Waals surface area (Å²) in [5.41, 5.74) is 1.37. The van der Waals surface area contributed by atoms with Crippen LogP contribution in [0.3, 0.4) is 0 Å². The van der Waals surface area contributed by atoms with E-state index in [-0.39, 0.29) is 24.6 Å². The minimum atomic E-state index is -0.451. The molecule has 4 rings (SSSR count). The van der Waals surface area contributed by atoms with Crippen LogP contribution >= 0.6 is 0 Å². The van der Waals surface area contributed by atoms with E-state index in [2.05, 4.69) is 25.7 Å². The Morgan fingerprint density at radius 1 is 1.35 bits per heavy atom. The molecule has 0 aliphatic carbocycles. The van der Waals surface area contributed by atoms with E-state index in [0.29, 0.717) is 28.5 Å². The molecule has 1 amide bonds. The van der Waals surface area contributed by atoms with Crippen LogP contribution < -0.4 is 15.4 Å². The third-order valence-corrected chi connectivity index (χ3v) is 4.15. The summed E-state index contributed by atoms with van der Waals surface area (Å²) < 4.78 is 21.1. The molecule has 0 saturated carbocycles. The van der Waals surface area contributed by atoms with Gasteiger partial charge in [-0.05, 0) is 26.0 Å². The van der Waals surface area contributed by atoms with E-state index < -0.39 is 5.82 Å². The smallest absolute Gasteiger partial charge is 0.256 e. The normalized spacial score (nSPS) is 20.2. The lowest BCUT2D eigenvalue weighted by atomic mass is 10.1. The molecule has 9 heteroatoms. The quantitative estimate of drug-likeness (QED) is 0.639. The number of amides is 1. The number of anilines is 1. The highest BCUT2D eigenvalue weighted by Crippen LogP contribution is 2.27. The highest BCUT2D eigenvalue weighted by atomic mass is 19.1. The fraction of sp³-hybridized carbons (Fsp3) is 0.294. The molecule has 4 heterocycles. The van der Waals surface area contributed by atoms with Gasteiger partial charge in [0.15, 0.2) is 5.65 Å². The summed E-state index contributed by atoms with van der Waals surface area (Å²) in [6.45, 7) is 3.93. The molecule has 2 atom stereocenters. The summed E-state index contributed by atoms with van der Waals surface area (Å²) in [5.74, 6) is 0.103. The van der Waals surface area contributed by atoms with E-state index in [1.165, 1.54) is 16.8 Å². The third kappa shape index (κ3) is 2.92. The maximum absolute atomic E-state index is 13.7. The summed E-state index contributed by atoms with van der Waals surface area (Å²) in [5, 5.41) is 10.1. The molecule has 26 heavy (non-hydrogen) atoms. The van der Waals surface area contributed by atoms with Crippen LogP contribution in [0.1, 0.15) is 35.8 Å². The van der Waals surface area contributed by atoms with Gasteiger partial charge >= 0.3 is 0 Å². The molecule has 134 valence electrons. The number of hydrogen-bond donors (Lipinski definition) is 2. The summed E-state index contributed by atoms with van der Waals surface area (Å²) in [7, 11) is 0. The molecule has 0 fully saturated rings. The SMILES string of the molecule is C[C@H]1CNC(=O)c2cnn3ccc(nc23)N[C@H](C)c2cc(F)cnc2O1. The zero-order valence-electron chi connectivity index (χ0n) is 14.2. The second-order valence-electron chi connectivity index (χ2n) is 6.19. The van der Waals surface area contributed by atoms with E-state index in [4.69, 9.17) is 4.74 Å². The van der Waals surface area contributed by atoms with E-state index >= 15 is 0 Å². The van der Waals surface area contributed by atoms with E-state index in [0.717, 1.165) is 6.20 Å². The Morgan fingerprint density at radius 2 is 2.19 bits per heavy atom. The van der Waals surface area contributed by atoms with E-state index in [9.17, 15) is 9.18 Å². The Bertz CT molecular complexity index is 989. The summed E-state index contributed by atoms with van der Waals surface area (Å²) in [6, 6.07) is 2.80. The van der Waals surface area contributed by atoms with Crippen molar-refractivity contribution in [3.8, 4) is 5.88 Å². The number of halogens is 1. The molecule has 1 aliphatic heterocycles. The van der Waals surface area contributed by atoms with Crippen LogP contribution in [-0.4, -0.2) is 38.1 Å². The predicted molar refractivity (Wildman–Crippen MR) is 91.6 cm³/mol. The first kappa shape index (κ1) is 16.2. The van der Waals surface area contributed by atoms with Gasteiger partial charge in [0.25, 0.3) is 5.91 Å². The Labute approximate surface area is 148 Å². The summed E-state index contributed by atoms with van der Waals surface area (Å²) in [4.78, 5) is 21.0. The van der Waals surface area contributed by atoms with Gasteiger partial charge in [0, 0.05) is 11.8 Å². The molecule has 0 saturated heterocycles. The zero-order chi connectivity index (χ0) is 18.3. The van der Waals surface area contributed by atoms with Gasteiger partial charge in [0.05, 0.1) is 25.0 Å². The molecular formula is C17H17FN6O2. The maximum atomic E-state index is 13.7. The van der Waals surface area contributed by atoms with Crippen LogP contribution in [-0.2, 0) is 0 Å². The number of rotatable bonds is 0. The van der Waals surface area contributed by atoms with Gasteiger partial charge < -0.3 is 15.4 Å². The fourth-order valence-corrected chi connectivity index (χ4v) is 2.82. The number of fused-ring (bicyclic) bond motifs is 2. The van der Waals surface area contributed by atoms with Crippen LogP contribution in [0.15, 0.2) is 30.7 Å². The highest BCUT2D eigenvalue weighted by molar-refractivity contribution is 5.99. The minimum absolute atomic E-state index is 0.260. The Balaban J connectivity index is 1.82. The summed E-state index contributed by atoms with van der Waals surface area (Å²) in [6.07, 6.45) is 3.93. The highest BCUT2D eigenvalue weighted by Gasteiger charge is 2.21. The van der Waals surface area contributed by atoms with Gasteiger partial charge in [-0.2, -0.15) is 5.10 Å². The zero-order valence-corrected chi connectivity index (χ0v) is 14.2. The number of nitrogens with one attached hydrogen (secondary N) is 2.